The molecule has 0 unspecified atom stereocenters. The topological polar surface area (TPSA) is 78.4 Å². The molecule has 0 saturated carbocycles. The number of nitro groups is 1. The van der Waals surface area contributed by atoms with Crippen molar-refractivity contribution in [2.75, 3.05) is 13.2 Å². The Morgan fingerprint density at radius 2 is 2.25 bits per heavy atom. The number of hydrogen-bond acceptors (Lipinski definition) is 4. The summed E-state index contributed by atoms with van der Waals surface area (Å²) >= 11 is 0. The van der Waals surface area contributed by atoms with Gasteiger partial charge in [0.2, 0.25) is 0 Å². The van der Waals surface area contributed by atoms with E-state index in [9.17, 15) is 10.1 Å². The predicted molar refractivity (Wildman–Crippen MR) is 61.5 cm³/mol. The maximum Gasteiger partial charge on any atom is 0.276 e. The average molecular weight is 222 g/mol. The molecule has 5 nitrogen and oxygen atoms in total. The lowest BCUT2D eigenvalue weighted by Crippen LogP contribution is -2.00. The zero-order valence-corrected chi connectivity index (χ0v) is 9.05. The summed E-state index contributed by atoms with van der Waals surface area (Å²) < 4.78 is 5.38. The van der Waals surface area contributed by atoms with E-state index in [1.165, 1.54) is 6.07 Å². The number of rotatable bonds is 5. The summed E-state index contributed by atoms with van der Waals surface area (Å²) in [6, 6.07) is 4.77. The zero-order valence-electron chi connectivity index (χ0n) is 9.05. The number of benzene rings is 1. The minimum absolute atomic E-state index is 0.0697. The lowest BCUT2D eigenvalue weighted by atomic mass is 10.2. The third-order valence-electron chi connectivity index (χ3n) is 2.09. The van der Waals surface area contributed by atoms with Gasteiger partial charge in [-0.3, -0.25) is 10.1 Å². The van der Waals surface area contributed by atoms with Crippen molar-refractivity contribution in [3.63, 3.8) is 0 Å². The van der Waals surface area contributed by atoms with Crippen LogP contribution in [0.1, 0.15) is 5.56 Å². The fraction of sp³-hybridized carbons (Fsp3) is 0.273. The highest BCUT2D eigenvalue weighted by molar-refractivity contribution is 5.48. The van der Waals surface area contributed by atoms with Gasteiger partial charge in [-0.15, -0.1) is 0 Å². The predicted octanol–water partition coefficient (Wildman–Crippen LogP) is 1.80. The third-order valence-corrected chi connectivity index (χ3v) is 2.09. The largest absolute Gasteiger partial charge is 0.489 e. The second kappa shape index (κ2) is 5.87. The van der Waals surface area contributed by atoms with Crippen LogP contribution in [0.5, 0.6) is 5.75 Å². The molecule has 0 heterocycles. The molecule has 1 aromatic carbocycles. The summed E-state index contributed by atoms with van der Waals surface area (Å²) in [5, 5.41) is 10.7. The molecule has 5 heteroatoms. The Morgan fingerprint density at radius 3 is 2.88 bits per heavy atom. The van der Waals surface area contributed by atoms with Gasteiger partial charge in [-0.1, -0.05) is 18.2 Å². The van der Waals surface area contributed by atoms with Crippen LogP contribution < -0.4 is 10.5 Å². The molecule has 1 aromatic rings. The quantitative estimate of drug-likeness (QED) is 0.468. The zero-order chi connectivity index (χ0) is 12.0. The number of nitro benzene ring substituents is 1. The number of nitrogens with two attached hydrogens (primary N) is 1. The van der Waals surface area contributed by atoms with E-state index in [-0.39, 0.29) is 5.69 Å². The molecule has 0 fully saturated rings. The van der Waals surface area contributed by atoms with Gasteiger partial charge < -0.3 is 10.5 Å². The number of ether oxygens (including phenoxy) is 1. The number of hydrogen-bond donors (Lipinski definition) is 1. The lowest BCUT2D eigenvalue weighted by molar-refractivity contribution is -0.385. The Morgan fingerprint density at radius 1 is 1.50 bits per heavy atom. The van der Waals surface area contributed by atoms with Crippen LogP contribution in [0.15, 0.2) is 30.4 Å². The molecule has 0 spiro atoms. The molecule has 16 heavy (non-hydrogen) atoms. The molecule has 2 N–H and O–H groups in total. The van der Waals surface area contributed by atoms with Crippen molar-refractivity contribution in [3.8, 4) is 5.75 Å². The molecule has 0 atom stereocenters. The fourth-order valence-electron chi connectivity index (χ4n) is 1.26. The minimum atomic E-state index is -0.419. The van der Waals surface area contributed by atoms with E-state index in [1.54, 1.807) is 31.2 Å². The van der Waals surface area contributed by atoms with Crippen LogP contribution in [0.3, 0.4) is 0 Å². The van der Waals surface area contributed by atoms with Crippen molar-refractivity contribution >= 4 is 5.69 Å². The van der Waals surface area contributed by atoms with Gasteiger partial charge in [0, 0.05) is 12.6 Å². The van der Waals surface area contributed by atoms with Crippen molar-refractivity contribution in [1.29, 1.82) is 0 Å². The fourth-order valence-corrected chi connectivity index (χ4v) is 1.26. The monoisotopic (exact) mass is 222 g/mol. The van der Waals surface area contributed by atoms with Crippen molar-refractivity contribution in [2.24, 2.45) is 5.73 Å². The molecular weight excluding hydrogens is 208 g/mol. The maximum atomic E-state index is 10.7. The van der Waals surface area contributed by atoms with Gasteiger partial charge in [0.15, 0.2) is 0 Å². The summed E-state index contributed by atoms with van der Waals surface area (Å²) in [7, 11) is 0. The van der Waals surface area contributed by atoms with E-state index in [1.807, 2.05) is 0 Å². The van der Waals surface area contributed by atoms with Crippen molar-refractivity contribution in [2.45, 2.75) is 6.92 Å². The van der Waals surface area contributed by atoms with Gasteiger partial charge in [-0.2, -0.15) is 0 Å². The summed E-state index contributed by atoms with van der Waals surface area (Å²) in [5.41, 5.74) is 5.88. The van der Waals surface area contributed by atoms with E-state index >= 15 is 0 Å². The Kier molecular flexibility index (Phi) is 4.47. The van der Waals surface area contributed by atoms with E-state index in [2.05, 4.69) is 0 Å². The van der Waals surface area contributed by atoms with Crippen molar-refractivity contribution < 1.29 is 9.66 Å². The molecule has 0 aromatic heterocycles. The van der Waals surface area contributed by atoms with E-state index < -0.39 is 4.92 Å². The van der Waals surface area contributed by atoms with Crippen molar-refractivity contribution in [1.82, 2.24) is 0 Å². The first kappa shape index (κ1) is 12.2. The van der Waals surface area contributed by atoms with Crippen LogP contribution in [0.2, 0.25) is 0 Å². The molecule has 0 radical (unpaired) electrons. The second-order valence-corrected chi connectivity index (χ2v) is 3.18. The molecular formula is C11H14N2O3. The minimum Gasteiger partial charge on any atom is -0.489 e. The molecule has 0 amide bonds. The van der Waals surface area contributed by atoms with E-state index in [4.69, 9.17) is 10.5 Å². The SMILES string of the molecule is Cc1c(OCC=CCN)cccc1[N+](=O)[O-]. The van der Waals surface area contributed by atoms with Gasteiger partial charge in [0.05, 0.1) is 10.5 Å². The second-order valence-electron chi connectivity index (χ2n) is 3.18. The van der Waals surface area contributed by atoms with Crippen molar-refractivity contribution in [3.05, 3.63) is 46.0 Å². The summed E-state index contributed by atoms with van der Waals surface area (Å²) in [6.45, 7) is 2.48. The Balaban J connectivity index is 2.77. The standard InChI is InChI=1S/C11H14N2O3/c1-9-10(13(14)15)5-4-6-11(9)16-8-3-2-7-12/h2-6H,7-8,12H2,1H3. The first-order valence-corrected chi connectivity index (χ1v) is 4.88. The van der Waals surface area contributed by atoms with Gasteiger partial charge in [-0.05, 0) is 13.0 Å². The Labute approximate surface area is 93.7 Å². The van der Waals surface area contributed by atoms with Gasteiger partial charge >= 0.3 is 0 Å². The van der Waals surface area contributed by atoms with Gasteiger partial charge in [-0.25, -0.2) is 0 Å². The van der Waals surface area contributed by atoms with Crippen LogP contribution in [-0.4, -0.2) is 18.1 Å². The summed E-state index contributed by atoms with van der Waals surface area (Å²) in [6.07, 6.45) is 3.55. The summed E-state index contributed by atoms with van der Waals surface area (Å²) in [4.78, 5) is 10.3. The molecule has 0 bridgehead atoms. The molecule has 0 aliphatic carbocycles. The average Bonchev–Trinajstić information content (AvgIpc) is 2.26. The highest BCUT2D eigenvalue weighted by Crippen LogP contribution is 2.26. The molecule has 0 saturated heterocycles. The Hall–Kier alpha value is -1.88. The van der Waals surface area contributed by atoms with Crippen LogP contribution >= 0.6 is 0 Å². The molecule has 86 valence electrons. The summed E-state index contributed by atoms with van der Waals surface area (Å²) in [5.74, 6) is 0.524. The van der Waals surface area contributed by atoms with Gasteiger partial charge in [0.25, 0.3) is 5.69 Å². The van der Waals surface area contributed by atoms with Crippen LogP contribution in [0.25, 0.3) is 0 Å². The maximum absolute atomic E-state index is 10.7. The van der Waals surface area contributed by atoms with Crippen LogP contribution in [0.4, 0.5) is 5.69 Å². The van der Waals surface area contributed by atoms with Crippen LogP contribution in [-0.2, 0) is 0 Å². The third kappa shape index (κ3) is 3.06. The normalized spacial score (nSPS) is 10.6. The highest BCUT2D eigenvalue weighted by atomic mass is 16.6. The van der Waals surface area contributed by atoms with E-state index in [0.29, 0.717) is 24.5 Å². The number of nitrogens with zero attached hydrogens (tertiary/aromatic N) is 1. The van der Waals surface area contributed by atoms with Crippen LogP contribution in [0, 0.1) is 17.0 Å². The smallest absolute Gasteiger partial charge is 0.276 e. The lowest BCUT2D eigenvalue weighted by Gasteiger charge is -2.06. The molecule has 1 rings (SSSR count). The first-order valence-electron chi connectivity index (χ1n) is 4.88. The molecule has 0 aliphatic heterocycles. The first-order chi connectivity index (χ1) is 7.66. The highest BCUT2D eigenvalue weighted by Gasteiger charge is 2.13. The van der Waals surface area contributed by atoms with E-state index in [0.717, 1.165) is 0 Å². The van der Waals surface area contributed by atoms with Gasteiger partial charge in [0.1, 0.15) is 12.4 Å². The molecule has 0 aliphatic rings. The Bertz CT molecular complexity index is 402.